The lowest BCUT2D eigenvalue weighted by Crippen LogP contribution is -2.41. The summed E-state index contributed by atoms with van der Waals surface area (Å²) in [6.45, 7) is 1.79. The molecule has 1 saturated heterocycles. The SMILES string of the molecule is O=C(NCc1ccccc1CS(=O)(=O)N1CCOCC1)c1cc(C2CC2)nn1-c1ccccc1. The number of nitrogens with zero attached hydrogens (tertiary/aromatic N) is 3. The Balaban J connectivity index is 1.33. The molecule has 0 unspecified atom stereocenters. The van der Waals surface area contributed by atoms with Crippen LogP contribution in [0.15, 0.2) is 60.7 Å². The number of carbonyl (C=O) groups excluding carboxylic acids is 1. The number of para-hydroxylation sites is 1. The fourth-order valence-corrected chi connectivity index (χ4v) is 5.72. The van der Waals surface area contributed by atoms with Crippen LogP contribution in [-0.4, -0.2) is 54.7 Å². The molecule has 1 amide bonds. The monoisotopic (exact) mass is 480 g/mol. The van der Waals surface area contributed by atoms with Crippen molar-refractivity contribution in [1.29, 1.82) is 0 Å². The lowest BCUT2D eigenvalue weighted by Gasteiger charge is -2.26. The molecule has 34 heavy (non-hydrogen) atoms. The van der Waals surface area contributed by atoms with Crippen LogP contribution in [0.2, 0.25) is 0 Å². The van der Waals surface area contributed by atoms with E-state index in [0.717, 1.165) is 29.8 Å². The molecule has 0 radical (unpaired) electrons. The van der Waals surface area contributed by atoms with Crippen LogP contribution in [0.4, 0.5) is 0 Å². The van der Waals surface area contributed by atoms with E-state index < -0.39 is 10.0 Å². The minimum absolute atomic E-state index is 0.104. The third-order valence-corrected chi connectivity index (χ3v) is 8.04. The molecular formula is C25H28N4O4S. The average molecular weight is 481 g/mol. The maximum atomic E-state index is 13.2. The molecule has 0 spiro atoms. The van der Waals surface area contributed by atoms with Gasteiger partial charge in [-0.1, -0.05) is 42.5 Å². The molecule has 9 heteroatoms. The molecule has 1 aliphatic heterocycles. The number of nitrogens with one attached hydrogen (secondary N) is 1. The van der Waals surface area contributed by atoms with Gasteiger partial charge in [-0.15, -0.1) is 0 Å². The fraction of sp³-hybridized carbons (Fsp3) is 0.360. The van der Waals surface area contributed by atoms with E-state index in [1.54, 1.807) is 10.7 Å². The first-order chi connectivity index (χ1) is 16.5. The first kappa shape index (κ1) is 22.8. The van der Waals surface area contributed by atoms with Gasteiger partial charge in [-0.05, 0) is 42.2 Å². The Labute approximate surface area is 199 Å². The number of hydrogen-bond donors (Lipinski definition) is 1. The highest BCUT2D eigenvalue weighted by Crippen LogP contribution is 2.39. The van der Waals surface area contributed by atoms with E-state index in [0.29, 0.717) is 43.5 Å². The van der Waals surface area contributed by atoms with Crippen molar-refractivity contribution in [3.05, 3.63) is 83.2 Å². The van der Waals surface area contributed by atoms with E-state index in [1.165, 1.54) is 4.31 Å². The first-order valence-electron chi connectivity index (χ1n) is 11.6. The Morgan fingerprint density at radius 2 is 1.68 bits per heavy atom. The predicted octanol–water partition coefficient (Wildman–Crippen LogP) is 2.84. The van der Waals surface area contributed by atoms with Gasteiger partial charge in [0.15, 0.2) is 0 Å². The van der Waals surface area contributed by atoms with E-state index in [2.05, 4.69) is 5.32 Å². The van der Waals surface area contributed by atoms with Crippen molar-refractivity contribution in [2.45, 2.75) is 31.1 Å². The van der Waals surface area contributed by atoms with Crippen LogP contribution in [0.3, 0.4) is 0 Å². The molecule has 1 saturated carbocycles. The molecule has 1 aromatic heterocycles. The van der Waals surface area contributed by atoms with Crippen LogP contribution < -0.4 is 5.32 Å². The van der Waals surface area contributed by atoms with Crippen LogP contribution in [0, 0.1) is 0 Å². The molecule has 2 heterocycles. The molecule has 2 aliphatic rings. The van der Waals surface area contributed by atoms with Gasteiger partial charge in [-0.3, -0.25) is 4.79 Å². The second kappa shape index (κ2) is 9.69. The Morgan fingerprint density at radius 3 is 2.38 bits per heavy atom. The maximum absolute atomic E-state index is 13.2. The average Bonchev–Trinajstić information content (AvgIpc) is 3.62. The van der Waals surface area contributed by atoms with Crippen molar-refractivity contribution in [2.75, 3.05) is 26.3 Å². The van der Waals surface area contributed by atoms with Gasteiger partial charge < -0.3 is 10.1 Å². The van der Waals surface area contributed by atoms with E-state index in [9.17, 15) is 13.2 Å². The molecule has 3 aromatic rings. The minimum atomic E-state index is -3.47. The topological polar surface area (TPSA) is 93.5 Å². The number of benzene rings is 2. The molecule has 0 bridgehead atoms. The molecule has 0 atom stereocenters. The lowest BCUT2D eigenvalue weighted by atomic mass is 10.1. The number of rotatable bonds is 8. The summed E-state index contributed by atoms with van der Waals surface area (Å²) in [5.41, 5.74) is 3.71. The van der Waals surface area contributed by atoms with Crippen molar-refractivity contribution in [3.63, 3.8) is 0 Å². The molecular weight excluding hydrogens is 452 g/mol. The van der Waals surface area contributed by atoms with Crippen molar-refractivity contribution in [3.8, 4) is 5.69 Å². The summed E-state index contributed by atoms with van der Waals surface area (Å²) in [7, 11) is -3.47. The van der Waals surface area contributed by atoms with Crippen LogP contribution in [0.5, 0.6) is 0 Å². The third-order valence-electron chi connectivity index (χ3n) is 6.22. The Bertz CT molecular complexity index is 1260. The number of hydrogen-bond acceptors (Lipinski definition) is 5. The molecule has 2 aromatic carbocycles. The highest BCUT2D eigenvalue weighted by Gasteiger charge is 2.29. The van der Waals surface area contributed by atoms with Gasteiger partial charge in [0.2, 0.25) is 10.0 Å². The maximum Gasteiger partial charge on any atom is 0.270 e. The number of carbonyl (C=O) groups is 1. The summed E-state index contributed by atoms with van der Waals surface area (Å²) in [6.07, 6.45) is 2.19. The number of ether oxygens (including phenoxy) is 1. The minimum Gasteiger partial charge on any atom is -0.379 e. The summed E-state index contributed by atoms with van der Waals surface area (Å²) in [5.74, 6) is 0.0732. The second-order valence-electron chi connectivity index (χ2n) is 8.70. The number of aromatic nitrogens is 2. The van der Waals surface area contributed by atoms with Gasteiger partial charge in [0, 0.05) is 25.6 Å². The summed E-state index contributed by atoms with van der Waals surface area (Å²) >= 11 is 0. The molecule has 2 fully saturated rings. The normalized spacial score (nSPS) is 16.9. The first-order valence-corrected chi connectivity index (χ1v) is 13.2. The molecule has 1 N–H and O–H groups in total. The Morgan fingerprint density at radius 1 is 1.00 bits per heavy atom. The van der Waals surface area contributed by atoms with Gasteiger partial charge in [0.1, 0.15) is 5.69 Å². The zero-order valence-corrected chi connectivity index (χ0v) is 19.7. The van der Waals surface area contributed by atoms with Crippen molar-refractivity contribution in [2.24, 2.45) is 0 Å². The van der Waals surface area contributed by atoms with Gasteiger partial charge in [0.25, 0.3) is 5.91 Å². The quantitative estimate of drug-likeness (QED) is 0.535. The second-order valence-corrected chi connectivity index (χ2v) is 10.7. The standard InChI is InChI=1S/C25H28N4O4S/c30-25(24-16-23(19-10-11-19)27-29(24)22-8-2-1-3-9-22)26-17-20-6-4-5-7-21(20)18-34(31,32)28-12-14-33-15-13-28/h1-9,16,19H,10-15,17-18H2,(H,26,30). The summed E-state index contributed by atoms with van der Waals surface area (Å²) in [6, 6.07) is 18.8. The molecule has 1 aliphatic carbocycles. The smallest absolute Gasteiger partial charge is 0.270 e. The number of amides is 1. The van der Waals surface area contributed by atoms with E-state index in [4.69, 9.17) is 9.84 Å². The zero-order valence-electron chi connectivity index (χ0n) is 18.9. The van der Waals surface area contributed by atoms with E-state index >= 15 is 0 Å². The van der Waals surface area contributed by atoms with Gasteiger partial charge in [0.05, 0.1) is 30.3 Å². The van der Waals surface area contributed by atoms with Gasteiger partial charge in [-0.2, -0.15) is 9.40 Å². The van der Waals surface area contributed by atoms with Crippen LogP contribution in [0.1, 0.15) is 46.1 Å². The van der Waals surface area contributed by atoms with E-state index in [-0.39, 0.29) is 18.2 Å². The summed E-state index contributed by atoms with van der Waals surface area (Å²) in [5, 5.41) is 7.67. The van der Waals surface area contributed by atoms with Crippen LogP contribution >= 0.6 is 0 Å². The lowest BCUT2D eigenvalue weighted by molar-refractivity contribution is 0.0729. The molecule has 178 valence electrons. The van der Waals surface area contributed by atoms with Crippen molar-refractivity contribution >= 4 is 15.9 Å². The zero-order chi connectivity index (χ0) is 23.5. The van der Waals surface area contributed by atoms with Crippen LogP contribution in [-0.2, 0) is 27.1 Å². The Kier molecular flexibility index (Phi) is 6.49. The molecule has 8 nitrogen and oxygen atoms in total. The molecule has 5 rings (SSSR count). The van der Waals surface area contributed by atoms with Crippen molar-refractivity contribution < 1.29 is 17.9 Å². The summed E-state index contributed by atoms with van der Waals surface area (Å²) in [4.78, 5) is 13.2. The predicted molar refractivity (Wildman–Crippen MR) is 128 cm³/mol. The number of morpholine rings is 1. The highest BCUT2D eigenvalue weighted by molar-refractivity contribution is 7.88. The number of sulfonamides is 1. The van der Waals surface area contributed by atoms with Gasteiger partial charge in [-0.25, -0.2) is 13.1 Å². The van der Waals surface area contributed by atoms with Crippen LogP contribution in [0.25, 0.3) is 5.69 Å². The fourth-order valence-electron chi connectivity index (χ4n) is 4.16. The third kappa shape index (κ3) is 5.06. The largest absolute Gasteiger partial charge is 0.379 e. The van der Waals surface area contributed by atoms with Crippen molar-refractivity contribution in [1.82, 2.24) is 19.4 Å². The highest BCUT2D eigenvalue weighted by atomic mass is 32.2. The van der Waals surface area contributed by atoms with E-state index in [1.807, 2.05) is 54.6 Å². The Hall–Kier alpha value is -3.01. The summed E-state index contributed by atoms with van der Waals surface area (Å²) < 4.78 is 34.3. The van der Waals surface area contributed by atoms with Gasteiger partial charge >= 0.3 is 0 Å².